The van der Waals surface area contributed by atoms with Gasteiger partial charge in [-0.1, -0.05) is 0 Å². The van der Waals surface area contributed by atoms with Gasteiger partial charge in [0.25, 0.3) is 5.56 Å². The van der Waals surface area contributed by atoms with E-state index in [2.05, 4.69) is 20.5 Å². The summed E-state index contributed by atoms with van der Waals surface area (Å²) in [6, 6.07) is 0. The molecule has 0 unspecified atom stereocenters. The maximum Gasteiger partial charge on any atom is 0.351 e. The van der Waals surface area contributed by atoms with Crippen molar-refractivity contribution in [2.75, 3.05) is 5.43 Å². The molecule has 2 aromatic rings. The average Bonchev–Trinajstić information content (AvgIpc) is 2.83. The fraction of sp³-hybridized carbons (Fsp3) is 0.385. The van der Waals surface area contributed by atoms with E-state index >= 15 is 0 Å². The van der Waals surface area contributed by atoms with E-state index in [0.29, 0.717) is 10.2 Å². The summed E-state index contributed by atoms with van der Waals surface area (Å²) < 4.78 is 0. The summed E-state index contributed by atoms with van der Waals surface area (Å²) in [5.74, 6) is -0.968. The van der Waals surface area contributed by atoms with Crippen molar-refractivity contribution in [3.05, 3.63) is 20.8 Å². The Bertz CT molecular complexity index is 806. The monoisotopic (exact) mass is 306 g/mol. The molecule has 0 atom stereocenters. The Balaban J connectivity index is 2.02. The van der Waals surface area contributed by atoms with Crippen LogP contribution in [-0.4, -0.2) is 26.8 Å². The number of fused-ring (bicyclic) bond motifs is 3. The van der Waals surface area contributed by atoms with E-state index in [-0.39, 0.29) is 17.2 Å². The van der Waals surface area contributed by atoms with Gasteiger partial charge in [-0.15, -0.1) is 11.3 Å². The summed E-state index contributed by atoms with van der Waals surface area (Å²) in [6.07, 6.45) is 4.16. The third-order valence-corrected chi connectivity index (χ3v) is 4.65. The first kappa shape index (κ1) is 13.7. The second kappa shape index (κ2) is 5.28. The van der Waals surface area contributed by atoms with E-state index in [9.17, 15) is 9.59 Å². The maximum atomic E-state index is 12.2. The third kappa shape index (κ3) is 2.54. The molecule has 1 aliphatic rings. The molecule has 0 aliphatic heterocycles. The minimum Gasteiger partial charge on any atom is -0.477 e. The lowest BCUT2D eigenvalue weighted by Gasteiger charge is -2.09. The number of aromatic amines is 1. The minimum atomic E-state index is -1.13. The largest absolute Gasteiger partial charge is 0.477 e. The van der Waals surface area contributed by atoms with Crippen molar-refractivity contribution in [2.45, 2.75) is 32.6 Å². The predicted molar refractivity (Wildman–Crippen MR) is 81.3 cm³/mol. The van der Waals surface area contributed by atoms with E-state index in [4.69, 9.17) is 5.11 Å². The van der Waals surface area contributed by atoms with E-state index in [1.165, 1.54) is 23.1 Å². The van der Waals surface area contributed by atoms with Crippen molar-refractivity contribution in [1.29, 1.82) is 0 Å². The predicted octanol–water partition coefficient (Wildman–Crippen LogP) is 1.74. The standard InChI is InChI=1S/C13H14N4O3S/c1-6(12(19)20)16-17-13-14-10(18)9-7-4-2-3-5-8(7)21-11(9)15-13/h2-5H2,1H3,(H,19,20)(H2,14,15,17,18)/b16-6+. The molecule has 0 saturated heterocycles. The number of carboxylic acids is 1. The number of H-pyrrole nitrogens is 1. The smallest absolute Gasteiger partial charge is 0.351 e. The van der Waals surface area contributed by atoms with E-state index in [1.807, 2.05) is 0 Å². The molecule has 0 aromatic carbocycles. The van der Waals surface area contributed by atoms with Crippen molar-refractivity contribution < 1.29 is 9.90 Å². The topological polar surface area (TPSA) is 107 Å². The molecule has 1 aliphatic carbocycles. The zero-order valence-corrected chi connectivity index (χ0v) is 12.2. The second-order valence-corrected chi connectivity index (χ2v) is 6.00. The lowest BCUT2D eigenvalue weighted by Crippen LogP contribution is -2.14. The summed E-state index contributed by atoms with van der Waals surface area (Å²) >= 11 is 1.53. The van der Waals surface area contributed by atoms with Crippen LogP contribution in [0.5, 0.6) is 0 Å². The van der Waals surface area contributed by atoms with Crippen molar-refractivity contribution >= 4 is 39.2 Å². The SMILES string of the molecule is C/C(=N\Nc1nc2sc3c(c2c(=O)[nH]1)CCCC3)C(=O)O. The van der Waals surface area contributed by atoms with Crippen LogP contribution in [0, 0.1) is 0 Å². The first-order chi connectivity index (χ1) is 10.1. The molecule has 2 aromatic heterocycles. The van der Waals surface area contributed by atoms with Crippen LogP contribution in [0.2, 0.25) is 0 Å². The van der Waals surface area contributed by atoms with Gasteiger partial charge in [0, 0.05) is 4.88 Å². The maximum absolute atomic E-state index is 12.2. The Morgan fingerprint density at radius 3 is 2.95 bits per heavy atom. The van der Waals surface area contributed by atoms with E-state index < -0.39 is 5.97 Å². The summed E-state index contributed by atoms with van der Waals surface area (Å²) in [4.78, 5) is 31.7. The number of aromatic nitrogens is 2. The molecule has 0 fully saturated rings. The highest BCUT2D eigenvalue weighted by Crippen LogP contribution is 2.33. The van der Waals surface area contributed by atoms with Gasteiger partial charge in [-0.2, -0.15) is 5.10 Å². The molecule has 0 saturated carbocycles. The summed E-state index contributed by atoms with van der Waals surface area (Å²) in [7, 11) is 0. The van der Waals surface area contributed by atoms with Gasteiger partial charge in [-0.3, -0.25) is 9.78 Å². The van der Waals surface area contributed by atoms with Crippen LogP contribution >= 0.6 is 11.3 Å². The molecule has 21 heavy (non-hydrogen) atoms. The molecule has 110 valence electrons. The Hall–Kier alpha value is -2.22. The number of thiophene rings is 1. The lowest BCUT2D eigenvalue weighted by molar-refractivity contribution is -0.129. The van der Waals surface area contributed by atoms with Gasteiger partial charge in [0.05, 0.1) is 5.39 Å². The summed E-state index contributed by atoms with van der Waals surface area (Å²) in [6.45, 7) is 1.36. The van der Waals surface area contributed by atoms with Gasteiger partial charge in [-0.25, -0.2) is 15.2 Å². The zero-order valence-electron chi connectivity index (χ0n) is 11.4. The second-order valence-electron chi connectivity index (χ2n) is 4.92. The molecule has 0 radical (unpaired) electrons. The van der Waals surface area contributed by atoms with Crippen LogP contribution in [0.3, 0.4) is 0 Å². The van der Waals surface area contributed by atoms with Gasteiger partial charge >= 0.3 is 5.97 Å². The van der Waals surface area contributed by atoms with Crippen molar-refractivity contribution in [1.82, 2.24) is 9.97 Å². The Labute approximate surface area is 123 Å². The van der Waals surface area contributed by atoms with E-state index in [1.54, 1.807) is 0 Å². The van der Waals surface area contributed by atoms with Gasteiger partial charge in [0.1, 0.15) is 10.5 Å². The number of carbonyl (C=O) groups is 1. The van der Waals surface area contributed by atoms with Gasteiger partial charge in [0.15, 0.2) is 0 Å². The first-order valence-corrected chi connectivity index (χ1v) is 7.46. The highest BCUT2D eigenvalue weighted by molar-refractivity contribution is 7.18. The number of nitrogens with zero attached hydrogens (tertiary/aromatic N) is 2. The van der Waals surface area contributed by atoms with Crippen LogP contribution in [-0.2, 0) is 17.6 Å². The van der Waals surface area contributed by atoms with Gasteiger partial charge in [-0.05, 0) is 38.2 Å². The Morgan fingerprint density at radius 2 is 2.19 bits per heavy atom. The highest BCUT2D eigenvalue weighted by Gasteiger charge is 2.19. The minimum absolute atomic E-state index is 0.108. The number of aliphatic carboxylic acids is 1. The quantitative estimate of drug-likeness (QED) is 0.591. The fourth-order valence-corrected chi connectivity index (χ4v) is 3.66. The Morgan fingerprint density at radius 1 is 1.43 bits per heavy atom. The molecule has 7 nitrogen and oxygen atoms in total. The van der Waals surface area contributed by atoms with Crippen molar-refractivity contribution in [3.63, 3.8) is 0 Å². The third-order valence-electron chi connectivity index (χ3n) is 3.46. The zero-order chi connectivity index (χ0) is 15.0. The number of aryl methyl sites for hydroxylation is 2. The van der Waals surface area contributed by atoms with Crippen molar-refractivity contribution in [3.8, 4) is 0 Å². The summed E-state index contributed by atoms with van der Waals surface area (Å²) in [5.41, 5.74) is 3.29. The molecule has 8 heteroatoms. The van der Waals surface area contributed by atoms with Gasteiger partial charge in [0.2, 0.25) is 5.95 Å². The number of nitrogens with one attached hydrogen (secondary N) is 2. The molecule has 0 spiro atoms. The molecular weight excluding hydrogens is 292 g/mol. The number of hydrogen-bond donors (Lipinski definition) is 3. The number of carboxylic acid groups (broad SMARTS) is 1. The number of hydrogen-bond acceptors (Lipinski definition) is 6. The molecule has 2 heterocycles. The lowest BCUT2D eigenvalue weighted by atomic mass is 9.97. The molecule has 0 amide bonds. The fourth-order valence-electron chi connectivity index (χ4n) is 2.40. The van der Waals surface area contributed by atoms with E-state index in [0.717, 1.165) is 31.2 Å². The van der Waals surface area contributed by atoms with Crippen LogP contribution in [0.1, 0.15) is 30.2 Å². The highest BCUT2D eigenvalue weighted by atomic mass is 32.1. The number of rotatable bonds is 3. The summed E-state index contributed by atoms with van der Waals surface area (Å²) in [5, 5.41) is 13.1. The van der Waals surface area contributed by atoms with Crippen molar-refractivity contribution in [2.24, 2.45) is 5.10 Å². The number of hydrazone groups is 1. The average molecular weight is 306 g/mol. The molecular formula is C13H14N4O3S. The van der Waals surface area contributed by atoms with Gasteiger partial charge < -0.3 is 5.11 Å². The van der Waals surface area contributed by atoms with Crippen LogP contribution in [0.15, 0.2) is 9.90 Å². The van der Waals surface area contributed by atoms with Crippen LogP contribution < -0.4 is 11.0 Å². The normalized spacial score (nSPS) is 15.0. The molecule has 0 bridgehead atoms. The first-order valence-electron chi connectivity index (χ1n) is 6.64. The molecule has 3 N–H and O–H groups in total. The van der Waals surface area contributed by atoms with Crippen LogP contribution in [0.25, 0.3) is 10.2 Å². The molecule has 3 rings (SSSR count). The number of anilines is 1. The Kier molecular flexibility index (Phi) is 3.46. The van der Waals surface area contributed by atoms with Crippen LogP contribution in [0.4, 0.5) is 5.95 Å².